The zero-order valence-corrected chi connectivity index (χ0v) is 53.1. The van der Waals surface area contributed by atoms with Gasteiger partial charge in [0.1, 0.15) is 0 Å². The molecule has 372 valence electrons. The molecule has 0 bridgehead atoms. The topological polar surface area (TPSA) is 172 Å². The molecule has 0 aliphatic carbocycles. The number of aryl methyl sites for hydroxylation is 10. The van der Waals surface area contributed by atoms with Gasteiger partial charge in [-0.25, -0.2) is 25.3 Å². The minimum atomic E-state index is -4.05. The maximum Gasteiger partial charge on any atom is 1.00 e. The predicted octanol–water partition coefficient (Wildman–Crippen LogP) is 8.25. The van der Waals surface area contributed by atoms with Crippen LogP contribution in [0.3, 0.4) is 0 Å². The Morgan fingerprint density at radius 2 is 0.882 bits per heavy atom. The van der Waals surface area contributed by atoms with Crippen LogP contribution in [0.15, 0.2) is 85.8 Å². The van der Waals surface area contributed by atoms with Crippen LogP contribution in [0.2, 0.25) is 0 Å². The van der Waals surface area contributed by atoms with Crippen molar-refractivity contribution in [1.82, 2.24) is 0 Å². The van der Waals surface area contributed by atoms with Gasteiger partial charge in [-0.05, 0) is 206 Å². The number of hydrogen-bond acceptors (Lipinski definition) is 15. The van der Waals surface area contributed by atoms with Crippen LogP contribution in [0.4, 0.5) is 0 Å². The maximum atomic E-state index is 10.4. The van der Waals surface area contributed by atoms with E-state index in [0.717, 1.165) is 23.1 Å². The first-order valence-corrected chi connectivity index (χ1v) is 31.5. The van der Waals surface area contributed by atoms with Crippen LogP contribution in [0.5, 0.6) is 0 Å². The average Bonchev–Trinajstić information content (AvgIpc) is 4.07. The summed E-state index contributed by atoms with van der Waals surface area (Å²) in [4.78, 5) is 7.84. The van der Waals surface area contributed by atoms with Gasteiger partial charge >= 0.3 is 59.1 Å². The first kappa shape index (κ1) is 72.4. The number of thiophene rings is 6. The van der Waals surface area contributed by atoms with Gasteiger partial charge in [0.2, 0.25) is 0 Å². The van der Waals surface area contributed by atoms with Gasteiger partial charge in [-0.2, -0.15) is 34.0 Å². The van der Waals surface area contributed by atoms with Gasteiger partial charge in [0.25, 0.3) is 0 Å². The number of allylic oxidation sites excluding steroid dienone is 1. The van der Waals surface area contributed by atoms with E-state index in [4.69, 9.17) is 0 Å². The molecule has 0 amide bonds. The fourth-order valence-corrected chi connectivity index (χ4v) is 12.7. The molecule has 6 rings (SSSR count). The van der Waals surface area contributed by atoms with Gasteiger partial charge in [-0.15, -0.1) is 40.6 Å². The molecule has 0 saturated carbocycles. The molecule has 0 radical (unpaired) electrons. The third kappa shape index (κ3) is 38.7. The van der Waals surface area contributed by atoms with E-state index in [0.29, 0.717) is 38.5 Å². The molecule has 6 heterocycles. The molecule has 9 nitrogen and oxygen atoms in total. The molecular weight excluding hydrogens is 1120 g/mol. The molecule has 0 unspecified atom stereocenters. The molecule has 21 heteroatoms. The summed E-state index contributed by atoms with van der Waals surface area (Å²) in [5, 5.41) is 12.2. The Kier molecular flexibility index (Phi) is 42.2. The number of unbranched alkanes of at least 4 members (excludes halogenated alkanes) is 1. The molecule has 6 aromatic heterocycles. The summed E-state index contributed by atoms with van der Waals surface area (Å²) < 4.78 is 93.9. The third-order valence-electron chi connectivity index (χ3n) is 8.80. The zero-order chi connectivity index (χ0) is 49.1. The first-order chi connectivity index (χ1) is 30.4. The molecule has 0 N–H and O–H groups in total. The van der Waals surface area contributed by atoms with Crippen molar-refractivity contribution in [3.05, 3.63) is 143 Å². The van der Waals surface area contributed by atoms with Gasteiger partial charge in [0.15, 0.2) is 0 Å². The number of rotatable bonds is 17. The molecule has 0 spiro atoms. The van der Waals surface area contributed by atoms with Crippen molar-refractivity contribution in [2.24, 2.45) is 0 Å². The fourth-order valence-electron chi connectivity index (χ4n) is 5.75. The molecule has 0 aromatic carbocycles. The zero-order valence-electron chi connectivity index (χ0n) is 40.1. The van der Waals surface area contributed by atoms with Crippen molar-refractivity contribution in [1.29, 1.82) is 0 Å². The van der Waals surface area contributed by atoms with Crippen molar-refractivity contribution >= 4 is 114 Å². The van der Waals surface area contributed by atoms with Gasteiger partial charge in [0, 0.05) is 56.4 Å². The van der Waals surface area contributed by atoms with Gasteiger partial charge in [-0.3, -0.25) is 0 Å². The Morgan fingerprint density at radius 1 is 0.544 bits per heavy atom. The predicted molar refractivity (Wildman–Crippen MR) is 290 cm³/mol. The molecule has 0 aliphatic heterocycles. The van der Waals surface area contributed by atoms with Crippen LogP contribution in [-0.4, -0.2) is 56.2 Å². The van der Waals surface area contributed by atoms with Crippen LogP contribution in [0.1, 0.15) is 104 Å². The van der Waals surface area contributed by atoms with Crippen molar-refractivity contribution in [3.63, 3.8) is 0 Å². The number of hydrogen-bond donors (Lipinski definition) is 0. The fraction of sp³-hybridized carbons (Fsp3) is 0.447. The minimum Gasteiger partial charge on any atom is -0.748 e. The largest absolute Gasteiger partial charge is 1.00 e. The first-order valence-electron chi connectivity index (χ1n) is 20.7. The monoisotopic (exact) mass is 1190 g/mol. The second kappa shape index (κ2) is 39.6. The SMILES string of the molecule is Brc1ccsc1.C.C=CCc1ccsc1.CCCCc1cc(C)sc1C.Cc1cc(CCCS(=O)(=O)[O-])c(C)s1.Cc1cc(CCCS(=O)(=O)[O-])c(C)s1.O=S(=O)([O-])CCCc1ccsc1.[Na+].[Na+]. The Balaban J connectivity index is -0.000000751. The smallest absolute Gasteiger partial charge is 0.748 e. The summed E-state index contributed by atoms with van der Waals surface area (Å²) in [6.45, 7) is 18.4. The van der Waals surface area contributed by atoms with Gasteiger partial charge in [-0.1, -0.05) is 26.8 Å². The van der Waals surface area contributed by atoms with Crippen molar-refractivity contribution < 1.29 is 98.0 Å². The van der Waals surface area contributed by atoms with E-state index < -0.39 is 30.4 Å². The Labute approximate surface area is 486 Å². The van der Waals surface area contributed by atoms with Crippen molar-refractivity contribution in [2.75, 3.05) is 17.3 Å². The second-order valence-corrected chi connectivity index (χ2v) is 26.9. The summed E-state index contributed by atoms with van der Waals surface area (Å²) in [6, 6.07) is 12.5. The van der Waals surface area contributed by atoms with E-state index >= 15 is 0 Å². The molecule has 0 fully saturated rings. The normalized spacial score (nSPS) is 10.5. The van der Waals surface area contributed by atoms with E-state index in [1.54, 1.807) is 62.2 Å². The van der Waals surface area contributed by atoms with Gasteiger partial charge in [0.05, 0.1) is 30.4 Å². The summed E-state index contributed by atoms with van der Waals surface area (Å²) in [6.07, 6.45) is 10.1. The van der Waals surface area contributed by atoms with E-state index in [1.165, 1.54) is 58.6 Å². The molecule has 6 aromatic rings. The minimum absolute atomic E-state index is 0. The van der Waals surface area contributed by atoms with Gasteiger partial charge < -0.3 is 13.7 Å². The van der Waals surface area contributed by atoms with Crippen LogP contribution in [0, 0.1) is 41.5 Å². The van der Waals surface area contributed by atoms with E-state index in [2.05, 4.69) is 78.3 Å². The van der Waals surface area contributed by atoms with Crippen molar-refractivity contribution in [3.8, 4) is 0 Å². The molecule has 0 aliphatic rings. The Morgan fingerprint density at radius 3 is 1.13 bits per heavy atom. The van der Waals surface area contributed by atoms with E-state index in [1.807, 2.05) is 78.8 Å². The van der Waals surface area contributed by atoms with Crippen LogP contribution >= 0.6 is 84.0 Å². The molecule has 0 atom stereocenters. The second-order valence-electron chi connectivity index (χ2n) is 14.7. The quantitative estimate of drug-likeness (QED) is 0.0496. The summed E-state index contributed by atoms with van der Waals surface area (Å²) >= 11 is 13.6. The summed E-state index contributed by atoms with van der Waals surface area (Å²) in [5.41, 5.74) is 6.36. The van der Waals surface area contributed by atoms with Crippen LogP contribution < -0.4 is 59.1 Å². The van der Waals surface area contributed by atoms with Crippen LogP contribution in [0.25, 0.3) is 0 Å². The Bertz CT molecular complexity index is 2430. The molecule has 0 saturated heterocycles. The third-order valence-corrected chi connectivity index (χ3v) is 17.1. The average molecular weight is 1190 g/mol. The summed E-state index contributed by atoms with van der Waals surface area (Å²) in [5.74, 6) is -0.786. The number of halogens is 1. The van der Waals surface area contributed by atoms with Crippen LogP contribution in [-0.2, 0) is 62.5 Å². The Hall–Kier alpha value is 0.150. The van der Waals surface area contributed by atoms with E-state index in [9.17, 15) is 38.9 Å². The van der Waals surface area contributed by atoms with Crippen molar-refractivity contribution in [2.45, 2.75) is 120 Å². The molecular formula is C47H66BrNa2O9S9-. The maximum absolute atomic E-state index is 10.4. The van der Waals surface area contributed by atoms with E-state index in [-0.39, 0.29) is 83.8 Å². The molecule has 68 heavy (non-hydrogen) atoms. The summed E-state index contributed by atoms with van der Waals surface area (Å²) in [7, 11) is -12.1. The standard InChI is InChI=1S/C10H16S.2C9H14O3S2.C7H10O3S2.C7H8S.C4H3BrS.CH4.2Na/c1-4-5-6-10-7-8(2)11-9(10)3;2*1-7-6-9(8(2)13-7)4-3-5-14(10,11)12;8-12(9,10)5-1-2-7-3-4-11-6-7;1-2-3-7-4-5-8-6-7;5-4-1-2-6-3-4;;;/h7H,4-6H2,1-3H3;2*6H,3-5H2,1-2H3,(H,10,11,12);3-4,6H,1-2,5H2,(H,8,9,10);2,4-6H,1,3H2;1-3H;1H4;;/q;;;;;;;2*+1/p-3.